The van der Waals surface area contributed by atoms with E-state index in [1.54, 1.807) is 75.4 Å². The van der Waals surface area contributed by atoms with Gasteiger partial charge in [-0.3, -0.25) is 9.69 Å². The fourth-order valence-corrected chi connectivity index (χ4v) is 5.84. The van der Waals surface area contributed by atoms with Crippen LogP contribution in [0.15, 0.2) is 121 Å². The van der Waals surface area contributed by atoms with Crippen LogP contribution in [0.3, 0.4) is 0 Å². The number of carbonyl (C=O) groups is 3. The first-order valence-corrected chi connectivity index (χ1v) is 17.4. The van der Waals surface area contributed by atoms with Gasteiger partial charge in [-0.05, 0) is 55.9 Å². The van der Waals surface area contributed by atoms with Crippen LogP contribution >= 0.6 is 0 Å². The van der Waals surface area contributed by atoms with E-state index in [-0.39, 0.29) is 26.1 Å². The smallest absolute Gasteiger partial charge is 0.408 e. The second kappa shape index (κ2) is 19.4. The summed E-state index contributed by atoms with van der Waals surface area (Å²) in [5.74, 6) is -0.589. The molecule has 0 spiro atoms. The summed E-state index contributed by atoms with van der Waals surface area (Å²) in [6, 6.07) is 33.8. The van der Waals surface area contributed by atoms with Crippen LogP contribution in [0.5, 0.6) is 0 Å². The molecule has 6 N–H and O–H groups in total. The lowest BCUT2D eigenvalue weighted by molar-refractivity contribution is -0.128. The van der Waals surface area contributed by atoms with Crippen molar-refractivity contribution in [2.45, 2.75) is 76.1 Å². The van der Waals surface area contributed by atoms with Crippen LogP contribution in [0.25, 0.3) is 0 Å². The first kappa shape index (κ1) is 39.6. The fourth-order valence-electron chi connectivity index (χ4n) is 5.84. The molecular formula is C41H50N4O7. The Morgan fingerprint density at radius 1 is 0.654 bits per heavy atom. The second-order valence-electron chi connectivity index (χ2n) is 13.7. The van der Waals surface area contributed by atoms with Crippen molar-refractivity contribution in [1.82, 2.24) is 20.9 Å². The maximum Gasteiger partial charge on any atom is 0.408 e. The van der Waals surface area contributed by atoms with E-state index < -0.39 is 54.0 Å². The average Bonchev–Trinajstić information content (AvgIpc) is 3.11. The largest absolute Gasteiger partial charge is 0.465 e. The molecule has 0 aliphatic rings. The molecule has 11 heteroatoms. The van der Waals surface area contributed by atoms with Crippen molar-refractivity contribution < 1.29 is 34.4 Å². The first-order chi connectivity index (χ1) is 24.9. The highest BCUT2D eigenvalue weighted by atomic mass is 16.6. The van der Waals surface area contributed by atoms with Crippen molar-refractivity contribution >= 4 is 18.1 Å². The molecule has 0 saturated heterocycles. The van der Waals surface area contributed by atoms with Crippen LogP contribution < -0.4 is 16.0 Å². The summed E-state index contributed by atoms with van der Waals surface area (Å²) in [4.78, 5) is 40.6. The Morgan fingerprint density at radius 2 is 1.08 bits per heavy atom. The standard InChI is InChI=1S/C41H50N4O7/c1-41(2,3)52-39(49)44-34(25-30-18-10-5-11-19-30)36(47)27-42-26-35(46)33(24-29-16-8-4-9-17-29)43-38(48)37(32-22-14-7-15-23-32)45(40(50)51)28-31-20-12-6-13-21-31/h4-23,33-37,42,46-47H,24-28H2,1-3H3,(H,43,48)(H,44,49)(H,50,51)/t33-,34-,35+,36+,37-/m0/s1. The van der Waals surface area contributed by atoms with Crippen LogP contribution in [0, 0.1) is 0 Å². The lowest BCUT2D eigenvalue weighted by atomic mass is 9.98. The van der Waals surface area contributed by atoms with E-state index in [0.717, 1.165) is 16.0 Å². The van der Waals surface area contributed by atoms with E-state index in [4.69, 9.17) is 4.74 Å². The monoisotopic (exact) mass is 710 g/mol. The quantitative estimate of drug-likeness (QED) is 0.0885. The lowest BCUT2D eigenvalue weighted by Crippen LogP contribution is -2.54. The average molecular weight is 711 g/mol. The molecule has 0 heterocycles. The summed E-state index contributed by atoms with van der Waals surface area (Å²) in [6.45, 7) is 5.22. The number of carbonyl (C=O) groups excluding carboxylic acids is 2. The minimum Gasteiger partial charge on any atom is -0.465 e. The predicted octanol–water partition coefficient (Wildman–Crippen LogP) is 5.08. The predicted molar refractivity (Wildman–Crippen MR) is 199 cm³/mol. The number of rotatable bonds is 17. The zero-order valence-electron chi connectivity index (χ0n) is 29.9. The SMILES string of the molecule is CC(C)(C)OC(=O)N[C@@H](Cc1ccccc1)[C@H](O)CNC[C@@H](O)[C@H](Cc1ccccc1)NC(=O)[C@H](c1ccccc1)N(Cc1ccccc1)C(=O)O. The Balaban J connectivity index is 1.51. The molecule has 52 heavy (non-hydrogen) atoms. The molecule has 276 valence electrons. The zero-order chi connectivity index (χ0) is 37.5. The highest BCUT2D eigenvalue weighted by Gasteiger charge is 2.34. The number of hydrogen-bond donors (Lipinski definition) is 6. The molecule has 4 rings (SSSR count). The van der Waals surface area contributed by atoms with Gasteiger partial charge in [0.2, 0.25) is 5.91 Å². The van der Waals surface area contributed by atoms with Crippen molar-refractivity contribution in [3.63, 3.8) is 0 Å². The van der Waals surface area contributed by atoms with Crippen LogP contribution in [0.2, 0.25) is 0 Å². The number of nitrogens with one attached hydrogen (secondary N) is 3. The van der Waals surface area contributed by atoms with Gasteiger partial charge in [-0.1, -0.05) is 121 Å². The van der Waals surface area contributed by atoms with Gasteiger partial charge < -0.3 is 36.0 Å². The van der Waals surface area contributed by atoms with Gasteiger partial charge in [0.05, 0.1) is 30.8 Å². The van der Waals surface area contributed by atoms with Gasteiger partial charge in [0.25, 0.3) is 0 Å². The summed E-state index contributed by atoms with van der Waals surface area (Å²) >= 11 is 0. The van der Waals surface area contributed by atoms with Crippen molar-refractivity contribution in [3.05, 3.63) is 144 Å². The van der Waals surface area contributed by atoms with E-state index in [1.807, 2.05) is 66.7 Å². The van der Waals surface area contributed by atoms with E-state index in [0.29, 0.717) is 17.5 Å². The van der Waals surface area contributed by atoms with Crippen molar-refractivity contribution in [1.29, 1.82) is 0 Å². The minimum absolute atomic E-state index is 0.00681. The third kappa shape index (κ3) is 12.8. The highest BCUT2D eigenvalue weighted by Crippen LogP contribution is 2.24. The molecule has 4 aromatic rings. The van der Waals surface area contributed by atoms with E-state index in [1.165, 1.54) is 0 Å². The fraction of sp³-hybridized carbons (Fsp3) is 0.341. The molecule has 0 unspecified atom stereocenters. The number of aliphatic hydroxyl groups excluding tert-OH is 2. The van der Waals surface area contributed by atoms with Crippen LogP contribution in [0.4, 0.5) is 9.59 Å². The molecule has 0 aromatic heterocycles. The highest BCUT2D eigenvalue weighted by molar-refractivity contribution is 5.87. The molecule has 5 atom stereocenters. The summed E-state index contributed by atoms with van der Waals surface area (Å²) in [5.41, 5.74) is 2.23. The second-order valence-corrected chi connectivity index (χ2v) is 13.7. The first-order valence-electron chi connectivity index (χ1n) is 17.4. The van der Waals surface area contributed by atoms with Crippen LogP contribution in [-0.4, -0.2) is 81.3 Å². The van der Waals surface area contributed by atoms with Crippen LogP contribution in [0.1, 0.15) is 49.1 Å². The van der Waals surface area contributed by atoms with Gasteiger partial charge in [0.1, 0.15) is 11.6 Å². The molecule has 3 amide bonds. The molecule has 0 radical (unpaired) electrons. The van der Waals surface area contributed by atoms with Gasteiger partial charge in [-0.15, -0.1) is 0 Å². The number of benzene rings is 4. The summed E-state index contributed by atoms with van der Waals surface area (Å²) in [5, 5.41) is 42.0. The molecular weight excluding hydrogens is 660 g/mol. The Bertz CT molecular complexity index is 1670. The molecule has 0 saturated carbocycles. The van der Waals surface area contributed by atoms with E-state index in [2.05, 4.69) is 16.0 Å². The van der Waals surface area contributed by atoms with Crippen molar-refractivity contribution in [3.8, 4) is 0 Å². The van der Waals surface area contributed by atoms with E-state index in [9.17, 15) is 29.7 Å². The zero-order valence-corrected chi connectivity index (χ0v) is 29.9. The maximum atomic E-state index is 14.2. The number of alkyl carbamates (subject to hydrolysis) is 1. The molecule has 4 aromatic carbocycles. The summed E-state index contributed by atoms with van der Waals surface area (Å²) in [6.07, 6.45) is -3.55. The van der Waals surface area contributed by atoms with E-state index >= 15 is 0 Å². The van der Waals surface area contributed by atoms with Crippen molar-refractivity contribution in [2.75, 3.05) is 13.1 Å². The van der Waals surface area contributed by atoms with Crippen molar-refractivity contribution in [2.24, 2.45) is 0 Å². The third-order valence-corrected chi connectivity index (χ3v) is 8.38. The Kier molecular flexibility index (Phi) is 14.8. The number of nitrogens with zero attached hydrogens (tertiary/aromatic N) is 1. The normalized spacial score (nSPS) is 14.2. The molecule has 0 aliphatic carbocycles. The molecule has 11 nitrogen and oxygen atoms in total. The lowest BCUT2D eigenvalue weighted by Gasteiger charge is -2.32. The Hall–Kier alpha value is -5.23. The van der Waals surface area contributed by atoms with Gasteiger partial charge in [-0.2, -0.15) is 0 Å². The Morgan fingerprint density at radius 3 is 1.52 bits per heavy atom. The number of amides is 3. The van der Waals surface area contributed by atoms with Gasteiger partial charge in [0.15, 0.2) is 0 Å². The number of carboxylic acid groups (broad SMARTS) is 1. The van der Waals surface area contributed by atoms with Gasteiger partial charge in [0, 0.05) is 13.1 Å². The number of aliphatic hydroxyl groups is 2. The summed E-state index contributed by atoms with van der Waals surface area (Å²) in [7, 11) is 0. The van der Waals surface area contributed by atoms with Gasteiger partial charge in [-0.25, -0.2) is 9.59 Å². The van der Waals surface area contributed by atoms with Crippen LogP contribution in [-0.2, 0) is 28.9 Å². The third-order valence-electron chi connectivity index (χ3n) is 8.38. The number of hydrogen-bond acceptors (Lipinski definition) is 7. The minimum atomic E-state index is -1.27. The number of ether oxygens (including phenoxy) is 1. The Labute approximate surface area is 305 Å². The molecule has 0 bridgehead atoms. The summed E-state index contributed by atoms with van der Waals surface area (Å²) < 4.78 is 5.44. The topological polar surface area (TPSA) is 160 Å². The maximum absolute atomic E-state index is 14.2. The molecule has 0 aliphatic heterocycles. The molecule has 0 fully saturated rings. The van der Waals surface area contributed by atoms with Gasteiger partial charge >= 0.3 is 12.2 Å².